The summed E-state index contributed by atoms with van der Waals surface area (Å²) in [6.45, 7) is 3.25. The van der Waals surface area contributed by atoms with Crippen molar-refractivity contribution in [1.29, 1.82) is 0 Å². The Morgan fingerprint density at radius 2 is 1.96 bits per heavy atom. The number of anilines is 2. The summed E-state index contributed by atoms with van der Waals surface area (Å²) in [5, 5.41) is 2.72. The summed E-state index contributed by atoms with van der Waals surface area (Å²) in [6.07, 6.45) is 0. The number of rotatable bonds is 5. The number of amides is 2. The van der Waals surface area contributed by atoms with Crippen molar-refractivity contribution in [1.82, 2.24) is 0 Å². The minimum atomic E-state index is -0.624. The number of hydrogen-bond donors (Lipinski definition) is 1. The van der Waals surface area contributed by atoms with Crippen molar-refractivity contribution in [3.8, 4) is 0 Å². The number of benzene rings is 2. The van der Waals surface area contributed by atoms with Gasteiger partial charge < -0.3 is 10.1 Å². The number of nitrogens with one attached hydrogen (secondary N) is 1. The van der Waals surface area contributed by atoms with Crippen molar-refractivity contribution in [3.05, 3.63) is 53.6 Å². The monoisotopic (exact) mass is 384 g/mol. The number of thioether (sulfide) groups is 1. The van der Waals surface area contributed by atoms with Gasteiger partial charge in [0.25, 0.3) is 5.91 Å². The predicted octanol–water partition coefficient (Wildman–Crippen LogP) is 2.92. The van der Waals surface area contributed by atoms with Gasteiger partial charge in [-0.3, -0.25) is 19.3 Å². The standard InChI is InChI=1S/C20H20N2O4S/c1-13-7-8-15(14(2)9-13)21-18(23)11-26-20(25)10-22-16-5-3-4-6-17(16)27-12-19(22)24/h3-9H,10-12H2,1-2H3,(H,21,23). The molecule has 2 amide bonds. The van der Waals surface area contributed by atoms with Crippen LogP contribution in [0.25, 0.3) is 0 Å². The molecule has 0 atom stereocenters. The molecule has 3 rings (SSSR count). The Bertz CT molecular complexity index is 897. The number of esters is 1. The van der Waals surface area contributed by atoms with E-state index in [0.717, 1.165) is 16.0 Å². The van der Waals surface area contributed by atoms with Crippen LogP contribution in [0.15, 0.2) is 47.4 Å². The second kappa shape index (κ2) is 8.26. The first-order valence-electron chi connectivity index (χ1n) is 8.49. The first-order chi connectivity index (χ1) is 12.9. The molecule has 0 aliphatic carbocycles. The van der Waals surface area contributed by atoms with Gasteiger partial charge in [0, 0.05) is 10.6 Å². The maximum absolute atomic E-state index is 12.2. The topological polar surface area (TPSA) is 75.7 Å². The summed E-state index contributed by atoms with van der Waals surface area (Å²) >= 11 is 1.44. The van der Waals surface area contributed by atoms with E-state index in [1.54, 1.807) is 6.07 Å². The molecule has 6 nitrogen and oxygen atoms in total. The Kier molecular flexibility index (Phi) is 5.81. The summed E-state index contributed by atoms with van der Waals surface area (Å²) in [6, 6.07) is 13.1. The zero-order chi connectivity index (χ0) is 19.4. The minimum Gasteiger partial charge on any atom is -0.454 e. The molecule has 7 heteroatoms. The van der Waals surface area contributed by atoms with Gasteiger partial charge in [0.05, 0.1) is 11.4 Å². The highest BCUT2D eigenvalue weighted by molar-refractivity contribution is 8.00. The number of nitrogens with zero attached hydrogens (tertiary/aromatic N) is 1. The van der Waals surface area contributed by atoms with E-state index < -0.39 is 18.5 Å². The number of aryl methyl sites for hydroxylation is 2. The second-order valence-corrected chi connectivity index (χ2v) is 7.28. The van der Waals surface area contributed by atoms with Gasteiger partial charge in [-0.05, 0) is 37.6 Å². The van der Waals surface area contributed by atoms with Crippen LogP contribution >= 0.6 is 11.8 Å². The molecular weight excluding hydrogens is 364 g/mol. The van der Waals surface area contributed by atoms with Gasteiger partial charge in [-0.2, -0.15) is 0 Å². The predicted molar refractivity (Wildman–Crippen MR) is 105 cm³/mol. The van der Waals surface area contributed by atoms with Crippen molar-refractivity contribution in [2.45, 2.75) is 18.7 Å². The van der Waals surface area contributed by atoms with Gasteiger partial charge in [0.1, 0.15) is 6.54 Å². The van der Waals surface area contributed by atoms with E-state index in [2.05, 4.69) is 5.32 Å². The van der Waals surface area contributed by atoms with E-state index in [0.29, 0.717) is 11.4 Å². The van der Waals surface area contributed by atoms with Crippen molar-refractivity contribution in [2.24, 2.45) is 0 Å². The van der Waals surface area contributed by atoms with Crippen LogP contribution in [0.4, 0.5) is 11.4 Å². The maximum atomic E-state index is 12.2. The maximum Gasteiger partial charge on any atom is 0.326 e. The van der Waals surface area contributed by atoms with Crippen LogP contribution < -0.4 is 10.2 Å². The van der Waals surface area contributed by atoms with E-state index in [-0.39, 0.29) is 18.2 Å². The Hall–Kier alpha value is -2.80. The lowest BCUT2D eigenvalue weighted by atomic mass is 10.1. The molecule has 0 fully saturated rings. The van der Waals surface area contributed by atoms with E-state index in [4.69, 9.17) is 4.74 Å². The molecular formula is C20H20N2O4S. The largest absolute Gasteiger partial charge is 0.454 e. The highest BCUT2D eigenvalue weighted by atomic mass is 32.2. The first-order valence-corrected chi connectivity index (χ1v) is 9.47. The number of carbonyl (C=O) groups excluding carboxylic acids is 3. The van der Waals surface area contributed by atoms with E-state index in [9.17, 15) is 14.4 Å². The average molecular weight is 384 g/mol. The van der Waals surface area contributed by atoms with Gasteiger partial charge in [-0.25, -0.2) is 0 Å². The second-order valence-electron chi connectivity index (χ2n) is 6.26. The lowest BCUT2D eigenvalue weighted by molar-refractivity contribution is -0.146. The third-order valence-electron chi connectivity index (χ3n) is 4.12. The minimum absolute atomic E-state index is 0.157. The van der Waals surface area contributed by atoms with Crippen LogP contribution in [0.2, 0.25) is 0 Å². The number of carbonyl (C=O) groups is 3. The summed E-state index contributed by atoms with van der Waals surface area (Å²) in [7, 11) is 0. The van der Waals surface area contributed by atoms with E-state index in [1.807, 2.05) is 50.2 Å². The molecule has 2 aromatic rings. The van der Waals surface area contributed by atoms with Crippen molar-refractivity contribution in [2.75, 3.05) is 29.1 Å². The molecule has 0 unspecified atom stereocenters. The molecule has 2 aromatic carbocycles. The molecule has 0 spiro atoms. The summed E-state index contributed by atoms with van der Waals surface area (Å²) < 4.78 is 5.05. The van der Waals surface area contributed by atoms with Crippen LogP contribution in [0, 0.1) is 13.8 Å². The fraction of sp³-hybridized carbons (Fsp3) is 0.250. The fourth-order valence-corrected chi connectivity index (χ4v) is 3.72. The highest BCUT2D eigenvalue weighted by Gasteiger charge is 2.26. The zero-order valence-electron chi connectivity index (χ0n) is 15.2. The number of para-hydroxylation sites is 1. The molecule has 1 heterocycles. The van der Waals surface area contributed by atoms with E-state index in [1.165, 1.54) is 16.7 Å². The quantitative estimate of drug-likeness (QED) is 0.802. The van der Waals surface area contributed by atoms with Crippen LogP contribution in [0.1, 0.15) is 11.1 Å². The van der Waals surface area contributed by atoms with Crippen LogP contribution in [0.5, 0.6) is 0 Å². The summed E-state index contributed by atoms with van der Waals surface area (Å²) in [5.41, 5.74) is 3.40. The normalized spacial score (nSPS) is 13.1. The van der Waals surface area contributed by atoms with Gasteiger partial charge in [0.15, 0.2) is 6.61 Å². The smallest absolute Gasteiger partial charge is 0.326 e. The number of hydrogen-bond acceptors (Lipinski definition) is 5. The first kappa shape index (κ1) is 19.0. The summed E-state index contributed by atoms with van der Waals surface area (Å²) in [4.78, 5) is 38.7. The molecule has 0 radical (unpaired) electrons. The molecule has 0 bridgehead atoms. The SMILES string of the molecule is Cc1ccc(NC(=O)COC(=O)CN2C(=O)CSc3ccccc32)c(C)c1. The lowest BCUT2D eigenvalue weighted by Crippen LogP contribution is -2.40. The number of fused-ring (bicyclic) bond motifs is 1. The summed E-state index contributed by atoms with van der Waals surface area (Å²) in [5.74, 6) is -0.926. The van der Waals surface area contributed by atoms with Crippen molar-refractivity contribution >= 4 is 40.9 Å². The third kappa shape index (κ3) is 4.68. The molecule has 0 saturated heterocycles. The zero-order valence-corrected chi connectivity index (χ0v) is 16.0. The molecule has 1 N–H and O–H groups in total. The third-order valence-corrected chi connectivity index (χ3v) is 5.16. The molecule has 140 valence electrons. The Morgan fingerprint density at radius 1 is 1.19 bits per heavy atom. The fourth-order valence-electron chi connectivity index (χ4n) is 2.79. The Balaban J connectivity index is 1.55. The average Bonchev–Trinajstić information content (AvgIpc) is 2.65. The highest BCUT2D eigenvalue weighted by Crippen LogP contribution is 2.34. The van der Waals surface area contributed by atoms with Gasteiger partial charge >= 0.3 is 5.97 Å². The number of ether oxygens (including phenoxy) is 1. The van der Waals surface area contributed by atoms with Crippen molar-refractivity contribution < 1.29 is 19.1 Å². The van der Waals surface area contributed by atoms with Crippen LogP contribution in [-0.2, 0) is 19.1 Å². The van der Waals surface area contributed by atoms with Crippen molar-refractivity contribution in [3.63, 3.8) is 0 Å². The van der Waals surface area contributed by atoms with Gasteiger partial charge in [-0.15, -0.1) is 11.8 Å². The molecule has 1 aliphatic heterocycles. The van der Waals surface area contributed by atoms with Gasteiger partial charge in [0.2, 0.25) is 5.91 Å². The van der Waals surface area contributed by atoms with Gasteiger partial charge in [-0.1, -0.05) is 29.8 Å². The van der Waals surface area contributed by atoms with E-state index >= 15 is 0 Å². The van der Waals surface area contributed by atoms with Crippen LogP contribution in [0.3, 0.4) is 0 Å². The Morgan fingerprint density at radius 3 is 2.74 bits per heavy atom. The molecule has 0 aromatic heterocycles. The molecule has 1 aliphatic rings. The lowest BCUT2D eigenvalue weighted by Gasteiger charge is -2.27. The van der Waals surface area contributed by atoms with Crippen LogP contribution in [-0.4, -0.2) is 36.7 Å². The molecule has 0 saturated carbocycles. The Labute approximate surface area is 161 Å². The molecule has 27 heavy (non-hydrogen) atoms.